The average Bonchev–Trinajstić information content (AvgIpc) is 2.80. The summed E-state index contributed by atoms with van der Waals surface area (Å²) in [5.74, 6) is -2.04. The van der Waals surface area contributed by atoms with E-state index < -0.39 is 41.6 Å². The highest BCUT2D eigenvalue weighted by molar-refractivity contribution is 5.80. The van der Waals surface area contributed by atoms with E-state index in [9.17, 15) is 27.6 Å². The summed E-state index contributed by atoms with van der Waals surface area (Å²) < 4.78 is 63.4. The molecule has 182 valence electrons. The van der Waals surface area contributed by atoms with Gasteiger partial charge in [-0.15, -0.1) is 0 Å². The second-order valence-corrected chi connectivity index (χ2v) is 7.82. The van der Waals surface area contributed by atoms with Crippen LogP contribution in [0.4, 0.5) is 23.2 Å². The van der Waals surface area contributed by atoms with Gasteiger partial charge >= 0.3 is 12.1 Å². The molecule has 0 amide bonds. The third-order valence-electron chi connectivity index (χ3n) is 4.85. The topological polar surface area (TPSA) is 84.2 Å². The summed E-state index contributed by atoms with van der Waals surface area (Å²) in [6.45, 7) is 3.32. The van der Waals surface area contributed by atoms with Gasteiger partial charge in [0.25, 0.3) is 0 Å². The Morgan fingerprint density at radius 3 is 2.37 bits per heavy atom. The highest BCUT2D eigenvalue weighted by Gasteiger charge is 2.34. The number of nitriles is 1. The van der Waals surface area contributed by atoms with E-state index >= 15 is 0 Å². The van der Waals surface area contributed by atoms with Crippen molar-refractivity contribution in [3.8, 4) is 17.7 Å². The van der Waals surface area contributed by atoms with Crippen LogP contribution in [0, 0.1) is 23.1 Å². The van der Waals surface area contributed by atoms with Gasteiger partial charge in [0, 0.05) is 11.8 Å². The molecule has 1 heterocycles. The summed E-state index contributed by atoms with van der Waals surface area (Å²) in [4.78, 5) is 17.1. The van der Waals surface area contributed by atoms with Crippen molar-refractivity contribution < 1.29 is 31.8 Å². The van der Waals surface area contributed by atoms with Crippen LogP contribution in [-0.2, 0) is 15.7 Å². The number of esters is 1. The number of alkyl halides is 3. The first-order chi connectivity index (χ1) is 16.6. The Labute approximate surface area is 199 Å². The van der Waals surface area contributed by atoms with Crippen molar-refractivity contribution in [1.82, 2.24) is 4.98 Å². The van der Waals surface area contributed by atoms with Crippen LogP contribution in [-0.4, -0.2) is 17.0 Å². The van der Waals surface area contributed by atoms with Gasteiger partial charge in [-0.2, -0.15) is 18.4 Å². The predicted octanol–water partition coefficient (Wildman–Crippen LogP) is 6.28. The molecule has 0 bridgehead atoms. The first-order valence-electron chi connectivity index (χ1n) is 10.5. The number of benzene rings is 2. The lowest BCUT2D eigenvalue weighted by Gasteiger charge is -2.23. The van der Waals surface area contributed by atoms with E-state index in [1.54, 1.807) is 50.2 Å². The predicted molar refractivity (Wildman–Crippen MR) is 119 cm³/mol. The molecule has 0 aliphatic heterocycles. The number of aromatic nitrogens is 1. The van der Waals surface area contributed by atoms with Gasteiger partial charge in [0.05, 0.1) is 11.3 Å². The number of rotatable bonds is 8. The molecule has 1 N–H and O–H groups in total. The Kier molecular flexibility index (Phi) is 7.91. The van der Waals surface area contributed by atoms with Crippen LogP contribution in [0.25, 0.3) is 0 Å². The number of hydrogen-bond donors (Lipinski definition) is 1. The molecule has 0 saturated heterocycles. The molecule has 0 radical (unpaired) electrons. The Hall–Kier alpha value is -4.13. The van der Waals surface area contributed by atoms with Crippen molar-refractivity contribution in [2.24, 2.45) is 5.92 Å². The summed E-state index contributed by atoms with van der Waals surface area (Å²) >= 11 is 0. The van der Waals surface area contributed by atoms with Crippen molar-refractivity contribution in [2.45, 2.75) is 32.2 Å². The van der Waals surface area contributed by atoms with Crippen LogP contribution in [0.2, 0.25) is 0 Å². The van der Waals surface area contributed by atoms with Gasteiger partial charge in [0.1, 0.15) is 23.7 Å². The van der Waals surface area contributed by atoms with Crippen molar-refractivity contribution in [3.05, 3.63) is 83.8 Å². The molecule has 3 aromatic rings. The zero-order chi connectivity index (χ0) is 25.6. The van der Waals surface area contributed by atoms with Crippen LogP contribution in [0.1, 0.15) is 31.2 Å². The molecule has 0 saturated carbocycles. The van der Waals surface area contributed by atoms with E-state index in [4.69, 9.17) is 9.47 Å². The second-order valence-electron chi connectivity index (χ2n) is 7.82. The normalized spacial score (nSPS) is 13.0. The van der Waals surface area contributed by atoms with Crippen molar-refractivity contribution in [1.29, 1.82) is 5.26 Å². The van der Waals surface area contributed by atoms with Crippen LogP contribution in [0.3, 0.4) is 0 Å². The summed E-state index contributed by atoms with van der Waals surface area (Å²) in [6.07, 6.45) is -6.22. The van der Waals surface area contributed by atoms with E-state index in [-0.39, 0.29) is 17.3 Å². The fraction of sp³-hybridized carbons (Fsp3) is 0.240. The number of hydrogen-bond acceptors (Lipinski definition) is 6. The highest BCUT2D eigenvalue weighted by Crippen LogP contribution is 2.33. The largest absolute Gasteiger partial charge is 0.439 e. The number of halogens is 4. The number of para-hydroxylation sites is 1. The SMILES string of the molecule is CC(C)C(Nc1ccc(C(F)(F)F)c(F)c1)C(=O)OC(C#N)c1cccc(Oc2ccccc2)n1. The van der Waals surface area contributed by atoms with Gasteiger partial charge in [-0.3, -0.25) is 0 Å². The maximum absolute atomic E-state index is 13.9. The third kappa shape index (κ3) is 6.69. The zero-order valence-corrected chi connectivity index (χ0v) is 18.7. The molecule has 2 atom stereocenters. The number of anilines is 1. The molecule has 1 aromatic heterocycles. The number of nitrogens with zero attached hydrogens (tertiary/aromatic N) is 2. The van der Waals surface area contributed by atoms with Gasteiger partial charge in [-0.25, -0.2) is 14.2 Å². The number of carbonyl (C=O) groups excluding carboxylic acids is 1. The number of ether oxygens (including phenoxy) is 2. The lowest BCUT2D eigenvalue weighted by molar-refractivity contribution is -0.149. The van der Waals surface area contributed by atoms with Gasteiger partial charge < -0.3 is 14.8 Å². The molecule has 2 aromatic carbocycles. The highest BCUT2D eigenvalue weighted by atomic mass is 19.4. The van der Waals surface area contributed by atoms with Gasteiger partial charge in [-0.1, -0.05) is 38.1 Å². The van der Waals surface area contributed by atoms with E-state index in [0.29, 0.717) is 17.9 Å². The molecular weight excluding hydrogens is 466 g/mol. The molecule has 2 unspecified atom stereocenters. The van der Waals surface area contributed by atoms with Crippen LogP contribution >= 0.6 is 0 Å². The fourth-order valence-electron chi connectivity index (χ4n) is 3.10. The molecule has 6 nitrogen and oxygen atoms in total. The van der Waals surface area contributed by atoms with Crippen molar-refractivity contribution in [2.75, 3.05) is 5.32 Å². The number of carbonyl (C=O) groups is 1. The maximum atomic E-state index is 13.9. The quantitative estimate of drug-likeness (QED) is 0.298. The van der Waals surface area contributed by atoms with Crippen molar-refractivity contribution in [3.63, 3.8) is 0 Å². The minimum absolute atomic E-state index is 0.0453. The molecule has 0 aliphatic carbocycles. The fourth-order valence-corrected chi connectivity index (χ4v) is 3.10. The lowest BCUT2D eigenvalue weighted by Crippen LogP contribution is -2.36. The molecule has 0 spiro atoms. The number of pyridine rings is 1. The van der Waals surface area contributed by atoms with Gasteiger partial charge in [0.2, 0.25) is 12.0 Å². The molecular formula is C25H21F4N3O3. The molecule has 35 heavy (non-hydrogen) atoms. The van der Waals surface area contributed by atoms with Gasteiger partial charge in [-0.05, 0) is 42.3 Å². The van der Waals surface area contributed by atoms with E-state index in [0.717, 1.165) is 6.07 Å². The second kappa shape index (κ2) is 10.9. The maximum Gasteiger partial charge on any atom is 0.419 e. The molecule has 0 fully saturated rings. The minimum Gasteiger partial charge on any atom is -0.439 e. The Balaban J connectivity index is 1.75. The van der Waals surface area contributed by atoms with Crippen LogP contribution in [0.5, 0.6) is 11.6 Å². The Bertz CT molecular complexity index is 1210. The standard InChI is InChI=1S/C25H21F4N3O3/c1-15(2)23(31-16-11-12-18(19(26)13-16)25(27,28)29)24(33)35-21(14-30)20-9-6-10-22(32-20)34-17-7-4-3-5-8-17/h3-13,15,21,23,31H,1-2H3. The van der Waals surface area contributed by atoms with E-state index in [2.05, 4.69) is 10.3 Å². The lowest BCUT2D eigenvalue weighted by atomic mass is 10.0. The number of nitrogens with one attached hydrogen (secondary N) is 1. The minimum atomic E-state index is -4.84. The first-order valence-corrected chi connectivity index (χ1v) is 10.5. The van der Waals surface area contributed by atoms with Crippen LogP contribution < -0.4 is 10.1 Å². The monoisotopic (exact) mass is 487 g/mol. The summed E-state index contributed by atoms with van der Waals surface area (Å²) in [5, 5.41) is 12.3. The van der Waals surface area contributed by atoms with E-state index in [1.165, 1.54) is 6.07 Å². The molecule has 0 aliphatic rings. The van der Waals surface area contributed by atoms with E-state index in [1.807, 2.05) is 12.1 Å². The smallest absolute Gasteiger partial charge is 0.419 e. The first kappa shape index (κ1) is 25.5. The zero-order valence-electron chi connectivity index (χ0n) is 18.7. The summed E-state index contributed by atoms with van der Waals surface area (Å²) in [7, 11) is 0. The Morgan fingerprint density at radius 2 is 1.77 bits per heavy atom. The van der Waals surface area contributed by atoms with Crippen LogP contribution in [0.15, 0.2) is 66.7 Å². The Morgan fingerprint density at radius 1 is 1.06 bits per heavy atom. The molecule has 10 heteroatoms. The summed E-state index contributed by atoms with van der Waals surface area (Å²) in [5.41, 5.74) is -1.34. The average molecular weight is 487 g/mol. The van der Waals surface area contributed by atoms with Crippen molar-refractivity contribution >= 4 is 11.7 Å². The van der Waals surface area contributed by atoms with Gasteiger partial charge in [0.15, 0.2) is 0 Å². The summed E-state index contributed by atoms with van der Waals surface area (Å²) in [6, 6.07) is 16.5. The molecule has 3 rings (SSSR count). The third-order valence-corrected chi connectivity index (χ3v) is 4.85.